The summed E-state index contributed by atoms with van der Waals surface area (Å²) >= 11 is 0. The summed E-state index contributed by atoms with van der Waals surface area (Å²) in [7, 11) is 0. The van der Waals surface area contributed by atoms with E-state index in [1.807, 2.05) is 38.1 Å². The second-order valence-corrected chi connectivity index (χ2v) is 6.74. The van der Waals surface area contributed by atoms with Gasteiger partial charge in [0.2, 0.25) is 0 Å². The SMILES string of the molecule is CC(C)Oc1cccc(C(=O)Nc2ccc(N3CCCCC3)cc2)c1. The van der Waals surface area contributed by atoms with E-state index in [0.29, 0.717) is 11.3 Å². The number of anilines is 2. The van der Waals surface area contributed by atoms with Gasteiger partial charge in [0.05, 0.1) is 6.10 Å². The molecule has 132 valence electrons. The Kier molecular flexibility index (Phi) is 5.59. The first-order valence-electron chi connectivity index (χ1n) is 9.05. The number of rotatable bonds is 5. The molecule has 2 aromatic rings. The molecule has 0 saturated carbocycles. The molecule has 1 heterocycles. The fraction of sp³-hybridized carbons (Fsp3) is 0.381. The number of amides is 1. The number of benzene rings is 2. The first-order valence-corrected chi connectivity index (χ1v) is 9.05. The molecule has 1 N–H and O–H groups in total. The molecule has 0 spiro atoms. The van der Waals surface area contributed by atoms with Crippen LogP contribution in [0.25, 0.3) is 0 Å². The van der Waals surface area contributed by atoms with Crippen molar-refractivity contribution < 1.29 is 9.53 Å². The van der Waals surface area contributed by atoms with Crippen LogP contribution in [0.2, 0.25) is 0 Å². The first kappa shape index (κ1) is 17.3. The van der Waals surface area contributed by atoms with Crippen LogP contribution >= 0.6 is 0 Å². The van der Waals surface area contributed by atoms with Crippen molar-refractivity contribution in [1.29, 1.82) is 0 Å². The highest BCUT2D eigenvalue weighted by atomic mass is 16.5. The molecular formula is C21H26N2O2. The van der Waals surface area contributed by atoms with Crippen molar-refractivity contribution in [2.24, 2.45) is 0 Å². The van der Waals surface area contributed by atoms with Crippen molar-refractivity contribution in [3.63, 3.8) is 0 Å². The molecule has 0 bridgehead atoms. The van der Waals surface area contributed by atoms with E-state index in [2.05, 4.69) is 22.3 Å². The summed E-state index contributed by atoms with van der Waals surface area (Å²) in [5.41, 5.74) is 2.63. The molecule has 1 saturated heterocycles. The molecular weight excluding hydrogens is 312 g/mol. The van der Waals surface area contributed by atoms with E-state index in [4.69, 9.17) is 4.74 Å². The van der Waals surface area contributed by atoms with Crippen molar-refractivity contribution in [1.82, 2.24) is 0 Å². The number of ether oxygens (including phenoxy) is 1. The minimum absolute atomic E-state index is 0.0839. The second kappa shape index (κ2) is 8.06. The minimum Gasteiger partial charge on any atom is -0.491 e. The maximum atomic E-state index is 12.5. The number of piperidine rings is 1. The van der Waals surface area contributed by atoms with Crippen LogP contribution in [0.3, 0.4) is 0 Å². The van der Waals surface area contributed by atoms with Crippen LogP contribution in [0, 0.1) is 0 Å². The number of hydrogen-bond donors (Lipinski definition) is 1. The number of nitrogens with one attached hydrogen (secondary N) is 1. The van der Waals surface area contributed by atoms with Crippen LogP contribution in [-0.2, 0) is 0 Å². The molecule has 0 aromatic heterocycles. The Morgan fingerprint density at radius 2 is 1.76 bits per heavy atom. The average molecular weight is 338 g/mol. The van der Waals surface area contributed by atoms with Crippen molar-refractivity contribution in [2.75, 3.05) is 23.3 Å². The zero-order chi connectivity index (χ0) is 17.6. The third-order valence-electron chi connectivity index (χ3n) is 4.31. The fourth-order valence-electron chi connectivity index (χ4n) is 3.09. The van der Waals surface area contributed by atoms with Crippen molar-refractivity contribution >= 4 is 17.3 Å². The normalized spacial score (nSPS) is 14.4. The third kappa shape index (κ3) is 4.75. The summed E-state index contributed by atoms with van der Waals surface area (Å²) in [6.07, 6.45) is 3.92. The smallest absolute Gasteiger partial charge is 0.255 e. The lowest BCUT2D eigenvalue weighted by atomic mass is 10.1. The first-order chi connectivity index (χ1) is 12.1. The molecule has 2 aromatic carbocycles. The Morgan fingerprint density at radius 1 is 1.04 bits per heavy atom. The van der Waals surface area contributed by atoms with E-state index in [0.717, 1.165) is 18.8 Å². The second-order valence-electron chi connectivity index (χ2n) is 6.74. The summed E-state index contributed by atoms with van der Waals surface area (Å²) in [5.74, 6) is 0.586. The van der Waals surface area contributed by atoms with Crippen LogP contribution in [0.4, 0.5) is 11.4 Å². The maximum absolute atomic E-state index is 12.5. The highest BCUT2D eigenvalue weighted by molar-refractivity contribution is 6.04. The van der Waals surface area contributed by atoms with Gasteiger partial charge in [0.1, 0.15) is 5.75 Å². The van der Waals surface area contributed by atoms with E-state index < -0.39 is 0 Å². The van der Waals surface area contributed by atoms with E-state index in [1.54, 1.807) is 12.1 Å². The molecule has 25 heavy (non-hydrogen) atoms. The minimum atomic E-state index is -0.125. The Labute approximate surface area is 149 Å². The molecule has 4 nitrogen and oxygen atoms in total. The number of carbonyl (C=O) groups excluding carboxylic acids is 1. The Bertz CT molecular complexity index is 704. The Hall–Kier alpha value is -2.49. The fourth-order valence-corrected chi connectivity index (χ4v) is 3.09. The lowest BCUT2D eigenvalue weighted by Crippen LogP contribution is -2.29. The van der Waals surface area contributed by atoms with Gasteiger partial charge in [0.15, 0.2) is 0 Å². The largest absolute Gasteiger partial charge is 0.491 e. The Balaban J connectivity index is 1.64. The van der Waals surface area contributed by atoms with Gasteiger partial charge in [0.25, 0.3) is 5.91 Å². The highest BCUT2D eigenvalue weighted by Crippen LogP contribution is 2.22. The van der Waals surface area contributed by atoms with Crippen LogP contribution in [0.15, 0.2) is 48.5 Å². The lowest BCUT2D eigenvalue weighted by Gasteiger charge is -2.28. The van der Waals surface area contributed by atoms with Gasteiger partial charge in [0, 0.05) is 30.0 Å². The third-order valence-corrected chi connectivity index (χ3v) is 4.31. The van der Waals surface area contributed by atoms with Gasteiger partial charge in [-0.2, -0.15) is 0 Å². The van der Waals surface area contributed by atoms with Gasteiger partial charge in [-0.05, 0) is 75.6 Å². The van der Waals surface area contributed by atoms with E-state index in [1.165, 1.54) is 24.9 Å². The van der Waals surface area contributed by atoms with Crippen LogP contribution in [0.5, 0.6) is 5.75 Å². The molecule has 0 aliphatic carbocycles. The zero-order valence-electron chi connectivity index (χ0n) is 15.0. The van der Waals surface area contributed by atoms with Gasteiger partial charge in [-0.1, -0.05) is 6.07 Å². The maximum Gasteiger partial charge on any atom is 0.255 e. The van der Waals surface area contributed by atoms with Crippen molar-refractivity contribution in [3.8, 4) is 5.75 Å². The van der Waals surface area contributed by atoms with Crippen LogP contribution < -0.4 is 15.0 Å². The van der Waals surface area contributed by atoms with Crippen molar-refractivity contribution in [2.45, 2.75) is 39.2 Å². The number of nitrogens with zero attached hydrogens (tertiary/aromatic N) is 1. The predicted octanol–water partition coefficient (Wildman–Crippen LogP) is 4.72. The molecule has 0 unspecified atom stereocenters. The Morgan fingerprint density at radius 3 is 2.44 bits per heavy atom. The van der Waals surface area contributed by atoms with Crippen LogP contribution in [-0.4, -0.2) is 25.1 Å². The summed E-state index contributed by atoms with van der Waals surface area (Å²) in [6.45, 7) is 6.18. The van der Waals surface area contributed by atoms with Crippen LogP contribution in [0.1, 0.15) is 43.5 Å². The van der Waals surface area contributed by atoms with E-state index in [9.17, 15) is 4.79 Å². The van der Waals surface area contributed by atoms with E-state index in [-0.39, 0.29) is 12.0 Å². The summed E-state index contributed by atoms with van der Waals surface area (Å²) in [4.78, 5) is 14.9. The summed E-state index contributed by atoms with van der Waals surface area (Å²) < 4.78 is 5.65. The number of hydrogen-bond acceptors (Lipinski definition) is 3. The monoisotopic (exact) mass is 338 g/mol. The van der Waals surface area contributed by atoms with Gasteiger partial charge < -0.3 is 15.0 Å². The van der Waals surface area contributed by atoms with Gasteiger partial charge >= 0.3 is 0 Å². The molecule has 1 amide bonds. The van der Waals surface area contributed by atoms with Gasteiger partial charge in [-0.15, -0.1) is 0 Å². The van der Waals surface area contributed by atoms with E-state index >= 15 is 0 Å². The standard InChI is InChI=1S/C21H26N2O2/c1-16(2)25-20-8-6-7-17(15-20)21(24)22-18-9-11-19(12-10-18)23-13-4-3-5-14-23/h6-12,15-16H,3-5,13-14H2,1-2H3,(H,22,24). The molecule has 3 rings (SSSR count). The molecule has 1 aliphatic rings. The molecule has 1 fully saturated rings. The molecule has 0 radical (unpaired) electrons. The van der Waals surface area contributed by atoms with Crippen molar-refractivity contribution in [3.05, 3.63) is 54.1 Å². The molecule has 0 atom stereocenters. The summed E-state index contributed by atoms with van der Waals surface area (Å²) in [6, 6.07) is 15.4. The molecule has 4 heteroatoms. The van der Waals surface area contributed by atoms with Gasteiger partial charge in [-0.25, -0.2) is 0 Å². The lowest BCUT2D eigenvalue weighted by molar-refractivity contribution is 0.102. The summed E-state index contributed by atoms with van der Waals surface area (Å²) in [5, 5.41) is 2.96. The zero-order valence-corrected chi connectivity index (χ0v) is 15.0. The quantitative estimate of drug-likeness (QED) is 0.858. The van der Waals surface area contributed by atoms with Gasteiger partial charge in [-0.3, -0.25) is 4.79 Å². The molecule has 1 aliphatic heterocycles. The number of carbonyl (C=O) groups is 1. The highest BCUT2D eigenvalue weighted by Gasteiger charge is 2.12. The predicted molar refractivity (Wildman–Crippen MR) is 103 cm³/mol. The topological polar surface area (TPSA) is 41.6 Å². The average Bonchev–Trinajstić information content (AvgIpc) is 2.63.